The van der Waals surface area contributed by atoms with Gasteiger partial charge in [0, 0.05) is 31.3 Å². The predicted octanol–water partition coefficient (Wildman–Crippen LogP) is 3.21. The highest BCUT2D eigenvalue weighted by atomic mass is 19.1. The summed E-state index contributed by atoms with van der Waals surface area (Å²) in [6.45, 7) is 6.29. The molecule has 0 aliphatic carbocycles. The number of nitrogens with zero attached hydrogens (tertiary/aromatic N) is 5. The zero-order valence-corrected chi connectivity index (χ0v) is 15.2. The van der Waals surface area contributed by atoms with Crippen LogP contribution in [0.1, 0.15) is 17.8 Å². The summed E-state index contributed by atoms with van der Waals surface area (Å²) < 4.78 is 33.4. The topological polar surface area (TPSA) is 64.0 Å². The standard InChI is InChI=1S/C19H19F2N5O/c1-11-12(2)23-18-17(22-11)16(14-5-4-13(20)10-15(14)21)24-19(25-18)26-6-3-8-27-9-7-26/h4-5,10H,3,6-9H2,1-2H3. The van der Waals surface area contributed by atoms with E-state index in [-0.39, 0.29) is 5.56 Å². The van der Waals surface area contributed by atoms with Gasteiger partial charge in [0.05, 0.1) is 18.0 Å². The number of anilines is 1. The third-order valence-electron chi connectivity index (χ3n) is 4.62. The fourth-order valence-electron chi connectivity index (χ4n) is 3.06. The summed E-state index contributed by atoms with van der Waals surface area (Å²) in [5, 5.41) is 0. The third-order valence-corrected chi connectivity index (χ3v) is 4.62. The molecule has 0 bridgehead atoms. The summed E-state index contributed by atoms with van der Waals surface area (Å²) in [6, 6.07) is 3.43. The molecule has 1 saturated heterocycles. The van der Waals surface area contributed by atoms with Gasteiger partial charge in [0.1, 0.15) is 22.8 Å². The van der Waals surface area contributed by atoms with Crippen LogP contribution in [0.5, 0.6) is 0 Å². The number of ether oxygens (including phenoxy) is 1. The van der Waals surface area contributed by atoms with Crippen LogP contribution in [0.3, 0.4) is 0 Å². The lowest BCUT2D eigenvalue weighted by Gasteiger charge is -2.20. The van der Waals surface area contributed by atoms with Gasteiger partial charge in [-0.15, -0.1) is 0 Å². The van der Waals surface area contributed by atoms with E-state index in [1.807, 2.05) is 18.7 Å². The van der Waals surface area contributed by atoms with Gasteiger partial charge in [-0.1, -0.05) is 0 Å². The van der Waals surface area contributed by atoms with E-state index >= 15 is 0 Å². The molecule has 4 rings (SSSR count). The van der Waals surface area contributed by atoms with E-state index in [1.54, 1.807) is 0 Å². The van der Waals surface area contributed by atoms with E-state index in [4.69, 9.17) is 4.74 Å². The Bertz CT molecular complexity index is 1000. The summed E-state index contributed by atoms with van der Waals surface area (Å²) in [5.74, 6) is -0.887. The molecule has 1 fully saturated rings. The first-order valence-corrected chi connectivity index (χ1v) is 8.84. The van der Waals surface area contributed by atoms with Gasteiger partial charge in [0.15, 0.2) is 5.65 Å². The number of rotatable bonds is 2. The van der Waals surface area contributed by atoms with Crippen LogP contribution in [0.25, 0.3) is 22.4 Å². The molecule has 0 amide bonds. The number of aromatic nitrogens is 4. The van der Waals surface area contributed by atoms with Gasteiger partial charge in [-0.05, 0) is 32.4 Å². The summed E-state index contributed by atoms with van der Waals surface area (Å²) in [5.41, 5.74) is 2.75. The molecule has 1 aliphatic heterocycles. The first-order valence-electron chi connectivity index (χ1n) is 8.84. The minimum absolute atomic E-state index is 0.175. The maximum absolute atomic E-state index is 14.5. The summed E-state index contributed by atoms with van der Waals surface area (Å²) in [6.07, 6.45) is 0.847. The Labute approximate surface area is 155 Å². The summed E-state index contributed by atoms with van der Waals surface area (Å²) in [7, 11) is 0. The molecule has 3 aromatic rings. The number of halogens is 2. The van der Waals surface area contributed by atoms with E-state index in [2.05, 4.69) is 19.9 Å². The number of aryl methyl sites for hydroxylation is 2. The molecule has 0 spiro atoms. The molecule has 2 aromatic heterocycles. The summed E-state index contributed by atoms with van der Waals surface area (Å²) >= 11 is 0. The molecule has 8 heteroatoms. The highest BCUT2D eigenvalue weighted by Gasteiger charge is 2.20. The normalized spacial score (nSPS) is 15.2. The Hall–Kier alpha value is -2.74. The second-order valence-corrected chi connectivity index (χ2v) is 6.52. The van der Waals surface area contributed by atoms with E-state index in [1.165, 1.54) is 12.1 Å². The average molecular weight is 371 g/mol. The van der Waals surface area contributed by atoms with E-state index in [0.29, 0.717) is 48.3 Å². The molecule has 27 heavy (non-hydrogen) atoms. The van der Waals surface area contributed by atoms with Crippen LogP contribution in [0, 0.1) is 25.5 Å². The van der Waals surface area contributed by atoms with Crippen molar-refractivity contribution in [2.45, 2.75) is 20.3 Å². The van der Waals surface area contributed by atoms with Crippen LogP contribution in [0.15, 0.2) is 18.2 Å². The molecule has 0 unspecified atom stereocenters. The minimum atomic E-state index is -0.694. The molecule has 3 heterocycles. The zero-order chi connectivity index (χ0) is 19.0. The smallest absolute Gasteiger partial charge is 0.228 e. The Kier molecular flexibility index (Phi) is 4.65. The molecule has 0 N–H and O–H groups in total. The molecule has 0 saturated carbocycles. The SMILES string of the molecule is Cc1nc2nc(N3CCCOCC3)nc(-c3ccc(F)cc3F)c2nc1C. The number of benzene rings is 1. The second-order valence-electron chi connectivity index (χ2n) is 6.52. The van der Waals surface area contributed by atoms with Crippen LogP contribution in [-0.4, -0.2) is 46.2 Å². The molecule has 140 valence electrons. The van der Waals surface area contributed by atoms with Crippen molar-refractivity contribution in [1.29, 1.82) is 0 Å². The zero-order valence-electron chi connectivity index (χ0n) is 15.2. The van der Waals surface area contributed by atoms with Gasteiger partial charge in [-0.2, -0.15) is 4.98 Å². The van der Waals surface area contributed by atoms with Crippen LogP contribution in [-0.2, 0) is 4.74 Å². The predicted molar refractivity (Wildman–Crippen MR) is 97.6 cm³/mol. The second kappa shape index (κ2) is 7.11. The van der Waals surface area contributed by atoms with Gasteiger partial charge in [-0.3, -0.25) is 0 Å². The van der Waals surface area contributed by atoms with Crippen LogP contribution < -0.4 is 4.90 Å². The van der Waals surface area contributed by atoms with Gasteiger partial charge in [0.25, 0.3) is 0 Å². The van der Waals surface area contributed by atoms with Crippen LogP contribution >= 0.6 is 0 Å². The highest BCUT2D eigenvalue weighted by molar-refractivity contribution is 5.88. The molecular weight excluding hydrogens is 352 g/mol. The maximum Gasteiger partial charge on any atom is 0.228 e. The van der Waals surface area contributed by atoms with Gasteiger partial charge in [-0.25, -0.2) is 23.7 Å². The van der Waals surface area contributed by atoms with Gasteiger partial charge < -0.3 is 9.64 Å². The van der Waals surface area contributed by atoms with Crippen molar-refractivity contribution in [2.75, 3.05) is 31.2 Å². The quantitative estimate of drug-likeness (QED) is 0.689. The number of hydrogen-bond acceptors (Lipinski definition) is 6. The third kappa shape index (κ3) is 3.44. The molecule has 0 atom stereocenters. The van der Waals surface area contributed by atoms with Crippen molar-refractivity contribution in [3.05, 3.63) is 41.2 Å². The van der Waals surface area contributed by atoms with Crippen molar-refractivity contribution in [3.63, 3.8) is 0 Å². The maximum atomic E-state index is 14.5. The fourth-order valence-corrected chi connectivity index (χ4v) is 3.06. The first-order chi connectivity index (χ1) is 13.0. The highest BCUT2D eigenvalue weighted by Crippen LogP contribution is 2.29. The lowest BCUT2D eigenvalue weighted by Crippen LogP contribution is -2.28. The molecular formula is C19H19F2N5O. The lowest BCUT2D eigenvalue weighted by atomic mass is 10.1. The van der Waals surface area contributed by atoms with Crippen molar-refractivity contribution in [2.24, 2.45) is 0 Å². The molecule has 1 aromatic carbocycles. The molecule has 0 radical (unpaired) electrons. The van der Waals surface area contributed by atoms with E-state index < -0.39 is 11.6 Å². The number of fused-ring (bicyclic) bond motifs is 1. The molecule has 6 nitrogen and oxygen atoms in total. The van der Waals surface area contributed by atoms with Crippen LogP contribution in [0.2, 0.25) is 0 Å². The van der Waals surface area contributed by atoms with Crippen molar-refractivity contribution in [3.8, 4) is 11.3 Å². The Morgan fingerprint density at radius 2 is 1.78 bits per heavy atom. The van der Waals surface area contributed by atoms with Crippen molar-refractivity contribution in [1.82, 2.24) is 19.9 Å². The van der Waals surface area contributed by atoms with E-state index in [0.717, 1.165) is 24.7 Å². The minimum Gasteiger partial charge on any atom is -0.380 e. The molecule has 1 aliphatic rings. The Morgan fingerprint density at radius 1 is 0.963 bits per heavy atom. The fraction of sp³-hybridized carbons (Fsp3) is 0.368. The van der Waals surface area contributed by atoms with Gasteiger partial charge >= 0.3 is 0 Å². The Balaban J connectivity index is 1.95. The average Bonchev–Trinajstić information content (AvgIpc) is 2.92. The van der Waals surface area contributed by atoms with Crippen molar-refractivity contribution >= 4 is 17.1 Å². The van der Waals surface area contributed by atoms with Crippen molar-refractivity contribution < 1.29 is 13.5 Å². The van der Waals surface area contributed by atoms with E-state index in [9.17, 15) is 8.78 Å². The first kappa shape index (κ1) is 17.7. The van der Waals surface area contributed by atoms with Crippen LogP contribution in [0.4, 0.5) is 14.7 Å². The summed E-state index contributed by atoms with van der Waals surface area (Å²) in [4.78, 5) is 20.2. The largest absolute Gasteiger partial charge is 0.380 e. The monoisotopic (exact) mass is 371 g/mol. The Morgan fingerprint density at radius 3 is 2.59 bits per heavy atom. The van der Waals surface area contributed by atoms with Gasteiger partial charge in [0.2, 0.25) is 5.95 Å². The number of hydrogen-bond donors (Lipinski definition) is 0. The lowest BCUT2D eigenvalue weighted by molar-refractivity contribution is 0.152.